The van der Waals surface area contributed by atoms with Crippen LogP contribution >= 0.6 is 11.6 Å². The third-order valence-electron chi connectivity index (χ3n) is 2.05. The van der Waals surface area contributed by atoms with Gasteiger partial charge in [-0.25, -0.2) is 10.8 Å². The molecule has 0 aliphatic carbocycles. The maximum Gasteiger partial charge on any atom is 0.423 e. The monoisotopic (exact) mass is 323 g/mol. The zero-order chi connectivity index (χ0) is 15.6. The Morgan fingerprint density at radius 2 is 1.75 bits per heavy atom. The summed E-state index contributed by atoms with van der Waals surface area (Å²) in [5.41, 5.74) is 1.77. The Labute approximate surface area is 113 Å². The van der Waals surface area contributed by atoms with Gasteiger partial charge in [-0.1, -0.05) is 11.6 Å². The minimum atomic E-state index is -5.59. The molecular weight excluding hydrogens is 316 g/mol. The van der Waals surface area contributed by atoms with Gasteiger partial charge in [0.25, 0.3) is 0 Å². The molecule has 1 aromatic rings. The summed E-state index contributed by atoms with van der Waals surface area (Å²) in [6.45, 7) is -1.07. The van der Waals surface area contributed by atoms with Gasteiger partial charge in [0.2, 0.25) is 6.10 Å². The highest BCUT2D eigenvalue weighted by molar-refractivity contribution is 6.31. The molecule has 0 atom stereocenters. The fraction of sp³-hybridized carbons (Fsp3) is 0.444. The first-order valence-corrected chi connectivity index (χ1v) is 5.30. The van der Waals surface area contributed by atoms with E-state index in [0.29, 0.717) is 0 Å². The first-order valence-electron chi connectivity index (χ1n) is 4.92. The minimum Gasteiger partial charge on any atom is -0.354 e. The van der Waals surface area contributed by atoms with Crippen molar-refractivity contribution in [1.82, 2.24) is 4.98 Å². The van der Waals surface area contributed by atoms with Crippen molar-refractivity contribution >= 4 is 17.4 Å². The van der Waals surface area contributed by atoms with Crippen LogP contribution in [0.1, 0.15) is 5.69 Å². The largest absolute Gasteiger partial charge is 0.423 e. The van der Waals surface area contributed by atoms with Crippen molar-refractivity contribution in [2.24, 2.45) is 5.84 Å². The van der Waals surface area contributed by atoms with E-state index in [2.05, 4.69) is 15.1 Å². The SMILES string of the molecule is NNc1ccc(Cl)c(COC(C(F)(F)F)C(F)(F)F)n1. The van der Waals surface area contributed by atoms with E-state index in [9.17, 15) is 26.3 Å². The third kappa shape index (κ3) is 4.39. The molecule has 0 bridgehead atoms. The Kier molecular flexibility index (Phi) is 5.05. The van der Waals surface area contributed by atoms with Crippen molar-refractivity contribution in [1.29, 1.82) is 0 Å². The molecule has 1 heterocycles. The Morgan fingerprint density at radius 1 is 1.20 bits per heavy atom. The number of hydrogen-bond acceptors (Lipinski definition) is 4. The molecule has 0 saturated carbocycles. The average Bonchev–Trinajstić information content (AvgIpc) is 2.28. The molecule has 1 rings (SSSR count). The maximum absolute atomic E-state index is 12.2. The van der Waals surface area contributed by atoms with Gasteiger partial charge in [-0.2, -0.15) is 26.3 Å². The van der Waals surface area contributed by atoms with Gasteiger partial charge in [0.15, 0.2) is 0 Å². The number of hydrogen-bond donors (Lipinski definition) is 2. The van der Waals surface area contributed by atoms with E-state index in [4.69, 9.17) is 17.4 Å². The van der Waals surface area contributed by atoms with Gasteiger partial charge in [-0.3, -0.25) is 0 Å². The number of nitrogens with two attached hydrogens (primary N) is 1. The highest BCUT2D eigenvalue weighted by atomic mass is 35.5. The lowest BCUT2D eigenvalue weighted by molar-refractivity contribution is -0.324. The Balaban J connectivity index is 2.88. The molecule has 0 fully saturated rings. The van der Waals surface area contributed by atoms with Crippen molar-refractivity contribution in [3.8, 4) is 0 Å². The first-order chi connectivity index (χ1) is 9.05. The molecular formula is C9H8ClF6N3O. The number of rotatable bonds is 4. The molecule has 3 N–H and O–H groups in total. The van der Waals surface area contributed by atoms with E-state index < -0.39 is 25.1 Å². The van der Waals surface area contributed by atoms with Crippen LogP contribution in [0.25, 0.3) is 0 Å². The van der Waals surface area contributed by atoms with Crippen LogP contribution in [0.2, 0.25) is 5.02 Å². The van der Waals surface area contributed by atoms with Crippen LogP contribution in [0.4, 0.5) is 32.2 Å². The second kappa shape index (κ2) is 6.02. The van der Waals surface area contributed by atoms with Gasteiger partial charge in [0, 0.05) is 0 Å². The molecule has 114 valence electrons. The molecule has 0 saturated heterocycles. The average molecular weight is 324 g/mol. The molecule has 0 aliphatic rings. The summed E-state index contributed by atoms with van der Waals surface area (Å²) in [5.74, 6) is 5.02. The van der Waals surface area contributed by atoms with Gasteiger partial charge in [-0.05, 0) is 12.1 Å². The first kappa shape index (κ1) is 16.8. The maximum atomic E-state index is 12.2. The predicted molar refractivity (Wildman–Crippen MR) is 57.7 cm³/mol. The topological polar surface area (TPSA) is 60.2 Å². The van der Waals surface area contributed by atoms with E-state index in [1.807, 2.05) is 0 Å². The fourth-order valence-corrected chi connectivity index (χ4v) is 1.36. The molecule has 4 nitrogen and oxygen atoms in total. The minimum absolute atomic E-state index is 0.0172. The van der Waals surface area contributed by atoms with Gasteiger partial charge < -0.3 is 10.2 Å². The molecule has 1 aromatic heterocycles. The Hall–Kier alpha value is -1.26. The molecule has 0 unspecified atom stereocenters. The highest BCUT2D eigenvalue weighted by Gasteiger charge is 2.58. The molecule has 0 aromatic carbocycles. The fourth-order valence-electron chi connectivity index (χ4n) is 1.20. The zero-order valence-corrected chi connectivity index (χ0v) is 10.3. The number of halogens is 7. The number of hydrazine groups is 1. The van der Waals surface area contributed by atoms with Crippen LogP contribution in [0.15, 0.2) is 12.1 Å². The smallest absolute Gasteiger partial charge is 0.354 e. The lowest BCUT2D eigenvalue weighted by atomic mass is 10.3. The number of alkyl halides is 6. The van der Waals surface area contributed by atoms with Crippen LogP contribution < -0.4 is 11.3 Å². The van der Waals surface area contributed by atoms with Crippen molar-refractivity contribution in [3.63, 3.8) is 0 Å². The van der Waals surface area contributed by atoms with Gasteiger partial charge in [0.05, 0.1) is 17.3 Å². The number of ether oxygens (including phenoxy) is 1. The normalized spacial score (nSPS) is 12.8. The van der Waals surface area contributed by atoms with Crippen LogP contribution in [0.3, 0.4) is 0 Å². The summed E-state index contributed by atoms with van der Waals surface area (Å²) in [5, 5.41) is -0.146. The molecule has 0 spiro atoms. The number of pyridine rings is 1. The predicted octanol–water partition coefficient (Wildman–Crippen LogP) is 3.03. The highest BCUT2D eigenvalue weighted by Crippen LogP contribution is 2.36. The molecule has 0 amide bonds. The molecule has 11 heteroatoms. The summed E-state index contributed by atoms with van der Waals surface area (Å²) in [7, 11) is 0. The van der Waals surface area contributed by atoms with Crippen molar-refractivity contribution < 1.29 is 31.1 Å². The summed E-state index contributed by atoms with van der Waals surface area (Å²) < 4.78 is 77.3. The second-order valence-corrected chi connectivity index (χ2v) is 3.95. The number of nitrogens with one attached hydrogen (secondary N) is 1. The van der Waals surface area contributed by atoms with Crippen LogP contribution in [-0.2, 0) is 11.3 Å². The van der Waals surface area contributed by atoms with E-state index in [-0.39, 0.29) is 16.5 Å². The molecule has 0 aliphatic heterocycles. The molecule has 0 radical (unpaired) electrons. The number of nitrogen functional groups attached to an aromatic ring is 1. The van der Waals surface area contributed by atoms with Crippen LogP contribution in [-0.4, -0.2) is 23.4 Å². The van der Waals surface area contributed by atoms with Gasteiger partial charge in [-0.15, -0.1) is 0 Å². The van der Waals surface area contributed by atoms with E-state index in [1.54, 1.807) is 0 Å². The second-order valence-electron chi connectivity index (χ2n) is 3.54. The number of anilines is 1. The third-order valence-corrected chi connectivity index (χ3v) is 2.39. The van der Waals surface area contributed by atoms with Crippen molar-refractivity contribution in [2.75, 3.05) is 5.43 Å². The van der Waals surface area contributed by atoms with Crippen molar-refractivity contribution in [2.45, 2.75) is 25.1 Å². The standard InChI is InChI=1S/C9H8ClF6N3O/c10-4-1-2-6(19-17)18-5(4)3-20-7(8(11,12)13)9(14,15)16/h1-2,7H,3,17H2,(H,18,19). The van der Waals surface area contributed by atoms with E-state index >= 15 is 0 Å². The lowest BCUT2D eigenvalue weighted by Gasteiger charge is -2.23. The lowest BCUT2D eigenvalue weighted by Crippen LogP contribution is -2.44. The summed E-state index contributed by atoms with van der Waals surface area (Å²) >= 11 is 5.59. The summed E-state index contributed by atoms with van der Waals surface area (Å²) in [6, 6.07) is 2.50. The summed E-state index contributed by atoms with van der Waals surface area (Å²) in [6.07, 6.45) is -15.1. The quantitative estimate of drug-likeness (QED) is 0.508. The van der Waals surface area contributed by atoms with Crippen LogP contribution in [0, 0.1) is 0 Å². The van der Waals surface area contributed by atoms with Crippen LogP contribution in [0.5, 0.6) is 0 Å². The number of nitrogens with zero attached hydrogens (tertiary/aromatic N) is 1. The van der Waals surface area contributed by atoms with Gasteiger partial charge >= 0.3 is 12.4 Å². The Bertz CT molecular complexity index is 450. The summed E-state index contributed by atoms with van der Waals surface area (Å²) in [4.78, 5) is 3.60. The number of aromatic nitrogens is 1. The van der Waals surface area contributed by atoms with Gasteiger partial charge in [0.1, 0.15) is 5.82 Å². The van der Waals surface area contributed by atoms with Crippen molar-refractivity contribution in [3.05, 3.63) is 22.8 Å². The molecule has 20 heavy (non-hydrogen) atoms. The zero-order valence-electron chi connectivity index (χ0n) is 9.52. The van der Waals surface area contributed by atoms with E-state index in [1.165, 1.54) is 12.1 Å². The Morgan fingerprint density at radius 3 is 2.20 bits per heavy atom. The van der Waals surface area contributed by atoms with E-state index in [0.717, 1.165) is 0 Å².